The number of rotatable bonds is 5. The van der Waals surface area contributed by atoms with Gasteiger partial charge in [0.2, 0.25) is 5.91 Å². The predicted molar refractivity (Wildman–Crippen MR) is 77.6 cm³/mol. The lowest BCUT2D eigenvalue weighted by Crippen LogP contribution is -2.50. The summed E-state index contributed by atoms with van der Waals surface area (Å²) < 4.78 is 13.9. The van der Waals surface area contributed by atoms with Gasteiger partial charge in [-0.1, -0.05) is 6.07 Å². The van der Waals surface area contributed by atoms with Gasteiger partial charge in [0.05, 0.1) is 11.6 Å². The minimum Gasteiger partial charge on any atom is -0.338 e. The third kappa shape index (κ3) is 3.59. The van der Waals surface area contributed by atoms with Crippen molar-refractivity contribution in [1.29, 1.82) is 5.26 Å². The summed E-state index contributed by atoms with van der Waals surface area (Å²) in [5.74, 6) is -0.491. The maximum absolute atomic E-state index is 13.9. The van der Waals surface area contributed by atoms with E-state index in [0.29, 0.717) is 18.5 Å². The molecule has 0 heterocycles. The summed E-state index contributed by atoms with van der Waals surface area (Å²) in [6.45, 7) is 2.58. The van der Waals surface area contributed by atoms with Gasteiger partial charge in [-0.25, -0.2) is 4.39 Å². The van der Waals surface area contributed by atoms with Crippen LogP contribution in [0.2, 0.25) is 0 Å². The Bertz CT molecular complexity index is 575. The number of nitrogens with two attached hydrogens (primary N) is 1. The van der Waals surface area contributed by atoms with E-state index < -0.39 is 5.82 Å². The molecule has 1 amide bonds. The van der Waals surface area contributed by atoms with Crippen LogP contribution in [0.25, 0.3) is 0 Å². The van der Waals surface area contributed by atoms with Gasteiger partial charge in [0.15, 0.2) is 0 Å². The van der Waals surface area contributed by atoms with Gasteiger partial charge >= 0.3 is 0 Å². The average molecular weight is 289 g/mol. The molecule has 2 N–H and O–H groups in total. The lowest BCUT2D eigenvalue weighted by atomic mass is 9.75. The summed E-state index contributed by atoms with van der Waals surface area (Å²) in [4.78, 5) is 13.9. The number of carbonyl (C=O) groups is 1. The number of nitrogens with zero attached hydrogens (tertiary/aromatic N) is 2. The van der Waals surface area contributed by atoms with Gasteiger partial charge in [-0.05, 0) is 38.3 Å². The van der Waals surface area contributed by atoms with E-state index in [9.17, 15) is 9.18 Å². The highest BCUT2D eigenvalue weighted by molar-refractivity contribution is 5.77. The second-order valence-corrected chi connectivity index (χ2v) is 5.72. The van der Waals surface area contributed by atoms with E-state index in [0.717, 1.165) is 19.3 Å². The molecule has 5 heteroatoms. The molecule has 0 radical (unpaired) electrons. The van der Waals surface area contributed by atoms with Crippen LogP contribution >= 0.6 is 0 Å². The van der Waals surface area contributed by atoms with Crippen molar-refractivity contribution < 1.29 is 9.18 Å². The maximum atomic E-state index is 13.9. The van der Waals surface area contributed by atoms with Gasteiger partial charge in [0, 0.05) is 30.6 Å². The lowest BCUT2D eigenvalue weighted by Gasteiger charge is -2.38. The fraction of sp³-hybridized carbons (Fsp3) is 0.500. The summed E-state index contributed by atoms with van der Waals surface area (Å²) >= 11 is 0. The largest absolute Gasteiger partial charge is 0.338 e. The number of carbonyl (C=O) groups excluding carboxylic acids is 1. The average Bonchev–Trinajstić information content (AvgIpc) is 2.44. The van der Waals surface area contributed by atoms with E-state index >= 15 is 0 Å². The zero-order valence-corrected chi connectivity index (χ0v) is 12.2. The van der Waals surface area contributed by atoms with Crippen LogP contribution in [0, 0.1) is 17.1 Å². The molecule has 2 rings (SSSR count). The molecule has 1 fully saturated rings. The van der Waals surface area contributed by atoms with E-state index in [2.05, 4.69) is 0 Å². The molecule has 1 aliphatic rings. The molecule has 0 bridgehead atoms. The first-order valence-corrected chi connectivity index (χ1v) is 7.22. The highest BCUT2D eigenvalue weighted by Gasteiger charge is 2.35. The monoisotopic (exact) mass is 289 g/mol. The minimum absolute atomic E-state index is 0.0385. The van der Waals surface area contributed by atoms with Gasteiger partial charge in [0.1, 0.15) is 5.82 Å². The smallest absolute Gasteiger partial charge is 0.224 e. The number of halogens is 1. The van der Waals surface area contributed by atoms with Crippen molar-refractivity contribution in [2.75, 3.05) is 6.54 Å². The molecular formula is C16H20FN3O. The van der Waals surface area contributed by atoms with Crippen LogP contribution in [0.1, 0.15) is 43.7 Å². The number of nitriles is 1. The maximum Gasteiger partial charge on any atom is 0.224 e. The number of hydrogen-bond donors (Lipinski definition) is 1. The highest BCUT2D eigenvalue weighted by Crippen LogP contribution is 2.32. The second kappa shape index (κ2) is 6.23. The summed E-state index contributed by atoms with van der Waals surface area (Å²) in [5, 5.41) is 8.74. The van der Waals surface area contributed by atoms with Crippen LogP contribution < -0.4 is 5.73 Å². The Morgan fingerprint density at radius 1 is 1.52 bits per heavy atom. The first-order chi connectivity index (χ1) is 9.97. The zero-order valence-electron chi connectivity index (χ0n) is 12.2. The van der Waals surface area contributed by atoms with E-state index in [4.69, 9.17) is 11.0 Å². The SMILES string of the molecule is CCN(Cc1ccc(C#N)cc1F)C(=O)CC1(N)CCC1. The number of benzene rings is 1. The molecule has 0 spiro atoms. The van der Waals surface area contributed by atoms with Gasteiger partial charge in [-0.15, -0.1) is 0 Å². The molecule has 1 aliphatic carbocycles. The molecule has 4 nitrogen and oxygen atoms in total. The second-order valence-electron chi connectivity index (χ2n) is 5.72. The Balaban J connectivity index is 2.05. The van der Waals surface area contributed by atoms with Crippen molar-refractivity contribution in [3.8, 4) is 6.07 Å². The van der Waals surface area contributed by atoms with Crippen molar-refractivity contribution in [3.05, 3.63) is 35.1 Å². The Kier molecular flexibility index (Phi) is 4.59. The van der Waals surface area contributed by atoms with Gasteiger partial charge in [0.25, 0.3) is 0 Å². The predicted octanol–water partition coefficient (Wildman–Crippen LogP) is 2.32. The van der Waals surface area contributed by atoms with Crippen molar-refractivity contribution in [2.45, 2.75) is 44.7 Å². The molecule has 21 heavy (non-hydrogen) atoms. The minimum atomic E-state index is -0.452. The van der Waals surface area contributed by atoms with Crippen molar-refractivity contribution >= 4 is 5.91 Å². The fourth-order valence-electron chi connectivity index (χ4n) is 2.55. The van der Waals surface area contributed by atoms with Crippen molar-refractivity contribution in [3.63, 3.8) is 0 Å². The molecule has 0 aliphatic heterocycles. The molecule has 1 aromatic carbocycles. The molecule has 0 saturated heterocycles. The van der Waals surface area contributed by atoms with Crippen LogP contribution in [-0.4, -0.2) is 22.9 Å². The van der Waals surface area contributed by atoms with Crippen LogP contribution in [-0.2, 0) is 11.3 Å². The topological polar surface area (TPSA) is 70.1 Å². The van der Waals surface area contributed by atoms with Crippen LogP contribution in [0.4, 0.5) is 4.39 Å². The lowest BCUT2D eigenvalue weighted by molar-refractivity contribution is -0.133. The normalized spacial score (nSPS) is 15.9. The van der Waals surface area contributed by atoms with E-state index in [1.165, 1.54) is 6.07 Å². The highest BCUT2D eigenvalue weighted by atomic mass is 19.1. The van der Waals surface area contributed by atoms with Crippen LogP contribution in [0.15, 0.2) is 18.2 Å². The van der Waals surface area contributed by atoms with E-state index in [1.54, 1.807) is 17.0 Å². The Labute approximate surface area is 124 Å². The molecule has 0 unspecified atom stereocenters. The van der Waals surface area contributed by atoms with Crippen LogP contribution in [0.5, 0.6) is 0 Å². The quantitative estimate of drug-likeness (QED) is 0.904. The molecule has 112 valence electrons. The summed E-state index contributed by atoms with van der Waals surface area (Å²) in [6, 6.07) is 6.22. The molecule has 0 aromatic heterocycles. The Morgan fingerprint density at radius 3 is 2.71 bits per heavy atom. The number of amides is 1. The zero-order chi connectivity index (χ0) is 15.5. The van der Waals surface area contributed by atoms with Crippen LogP contribution in [0.3, 0.4) is 0 Å². The first kappa shape index (κ1) is 15.5. The summed E-state index contributed by atoms with van der Waals surface area (Å²) in [6.07, 6.45) is 3.14. The third-order valence-electron chi connectivity index (χ3n) is 4.13. The van der Waals surface area contributed by atoms with Gasteiger partial charge in [-0.3, -0.25) is 4.79 Å². The summed E-state index contributed by atoms with van der Waals surface area (Å²) in [7, 11) is 0. The summed E-state index contributed by atoms with van der Waals surface area (Å²) in [5.41, 5.74) is 6.43. The Morgan fingerprint density at radius 2 is 2.24 bits per heavy atom. The first-order valence-electron chi connectivity index (χ1n) is 7.22. The van der Waals surface area contributed by atoms with Gasteiger partial charge < -0.3 is 10.6 Å². The molecule has 1 saturated carbocycles. The number of hydrogen-bond acceptors (Lipinski definition) is 3. The van der Waals surface area contributed by atoms with E-state index in [1.807, 2.05) is 13.0 Å². The third-order valence-corrected chi connectivity index (χ3v) is 4.13. The molecule has 0 atom stereocenters. The molecular weight excluding hydrogens is 269 g/mol. The molecule has 1 aromatic rings. The van der Waals surface area contributed by atoms with Crippen molar-refractivity contribution in [1.82, 2.24) is 4.90 Å². The van der Waals surface area contributed by atoms with E-state index in [-0.39, 0.29) is 23.6 Å². The standard InChI is InChI=1S/C16H20FN3O/c1-2-20(15(21)9-16(19)6-3-7-16)11-13-5-4-12(10-18)8-14(13)17/h4-5,8H,2-3,6-7,9,11,19H2,1H3. The Hall–Kier alpha value is -1.93. The van der Waals surface area contributed by atoms with Gasteiger partial charge in [-0.2, -0.15) is 5.26 Å². The fourth-order valence-corrected chi connectivity index (χ4v) is 2.55. The van der Waals surface area contributed by atoms with Crippen molar-refractivity contribution in [2.24, 2.45) is 5.73 Å².